The van der Waals surface area contributed by atoms with Crippen LogP contribution in [0.15, 0.2) is 42.5 Å². The molecule has 28 heavy (non-hydrogen) atoms. The maximum atomic E-state index is 13.4. The minimum Gasteiger partial charge on any atom is -0.407 e. The summed E-state index contributed by atoms with van der Waals surface area (Å²) in [6.45, 7) is 0.143. The topological polar surface area (TPSA) is 78.9 Å². The van der Waals surface area contributed by atoms with Crippen LogP contribution in [0.2, 0.25) is 5.02 Å². The van der Waals surface area contributed by atoms with E-state index in [1.807, 2.05) is 0 Å². The molecule has 2 aromatic carbocycles. The lowest BCUT2D eigenvalue weighted by molar-refractivity contribution is -0.175. The van der Waals surface area contributed by atoms with E-state index in [2.05, 4.69) is 5.32 Å². The van der Waals surface area contributed by atoms with Crippen LogP contribution in [0.25, 0.3) is 0 Å². The monoisotopic (exact) mass is 410 g/mol. The Morgan fingerprint density at radius 1 is 1.25 bits per heavy atom. The molecule has 2 N–H and O–H groups in total. The second kappa shape index (κ2) is 8.12. The number of rotatable bonds is 5. The van der Waals surface area contributed by atoms with Crippen LogP contribution in [0.3, 0.4) is 0 Å². The average Bonchev–Trinajstić information content (AvgIpc) is 2.89. The summed E-state index contributed by atoms with van der Waals surface area (Å²) < 4.78 is 31.5. The molecule has 1 aliphatic heterocycles. The van der Waals surface area contributed by atoms with Crippen molar-refractivity contribution in [2.45, 2.75) is 18.6 Å². The van der Waals surface area contributed by atoms with E-state index in [1.54, 1.807) is 6.07 Å². The maximum absolute atomic E-state index is 13.4. The van der Waals surface area contributed by atoms with Gasteiger partial charge in [-0.25, -0.2) is 13.6 Å². The first-order chi connectivity index (χ1) is 13.3. The zero-order chi connectivity index (χ0) is 20.3. The minimum atomic E-state index is -2.33. The van der Waals surface area contributed by atoms with Gasteiger partial charge < -0.3 is 20.1 Å². The Balaban J connectivity index is 1.55. The number of amides is 2. The summed E-state index contributed by atoms with van der Waals surface area (Å²) in [4.78, 5) is 25.5. The van der Waals surface area contributed by atoms with E-state index in [0.717, 1.165) is 11.0 Å². The second-order valence-electron chi connectivity index (χ2n) is 6.32. The van der Waals surface area contributed by atoms with Gasteiger partial charge in [-0.2, -0.15) is 0 Å². The van der Waals surface area contributed by atoms with E-state index in [9.17, 15) is 23.5 Å². The molecule has 0 bridgehead atoms. The molecule has 6 nitrogen and oxygen atoms in total. The number of carbonyl (C=O) groups excluding carboxylic acids is 2. The summed E-state index contributed by atoms with van der Waals surface area (Å²) in [5.74, 6) is -4.21. The molecule has 1 heterocycles. The average molecular weight is 411 g/mol. The van der Waals surface area contributed by atoms with Gasteiger partial charge in [0, 0.05) is 30.2 Å². The molecule has 3 rings (SSSR count). The highest BCUT2D eigenvalue weighted by molar-refractivity contribution is 6.30. The van der Waals surface area contributed by atoms with Crippen molar-refractivity contribution in [3.63, 3.8) is 0 Å². The van der Waals surface area contributed by atoms with Crippen LogP contribution in [0, 0.1) is 11.6 Å². The first-order valence-electron chi connectivity index (χ1n) is 8.48. The van der Waals surface area contributed by atoms with E-state index in [1.165, 1.54) is 30.3 Å². The lowest BCUT2D eigenvalue weighted by Crippen LogP contribution is -2.46. The molecular formula is C19H17ClF2N2O4. The first kappa shape index (κ1) is 20.0. The molecular weight excluding hydrogens is 394 g/mol. The first-order valence-corrected chi connectivity index (χ1v) is 8.86. The van der Waals surface area contributed by atoms with Gasteiger partial charge in [-0.1, -0.05) is 17.7 Å². The Labute approximate surface area is 164 Å². The SMILES string of the molecule is O=C(NCCc1cc(F)cc(Cl)c1)O[C@@]1(O)CCN(c2cccc(F)c2)C1=O. The Bertz CT molecular complexity index is 891. The molecule has 1 aliphatic rings. The summed E-state index contributed by atoms with van der Waals surface area (Å²) >= 11 is 5.76. The second-order valence-corrected chi connectivity index (χ2v) is 6.75. The number of halogens is 3. The number of ether oxygens (including phenoxy) is 1. The number of carbonyl (C=O) groups is 2. The predicted molar refractivity (Wildman–Crippen MR) is 97.9 cm³/mol. The van der Waals surface area contributed by atoms with Crippen LogP contribution in [-0.4, -0.2) is 36.0 Å². The van der Waals surface area contributed by atoms with Crippen molar-refractivity contribution < 1.29 is 28.2 Å². The molecule has 1 saturated heterocycles. The Morgan fingerprint density at radius 3 is 2.75 bits per heavy atom. The van der Waals surface area contributed by atoms with Gasteiger partial charge in [0.25, 0.3) is 11.7 Å². The van der Waals surface area contributed by atoms with Crippen LogP contribution in [0.4, 0.5) is 19.3 Å². The van der Waals surface area contributed by atoms with Crippen LogP contribution in [0.5, 0.6) is 0 Å². The molecule has 1 fully saturated rings. The van der Waals surface area contributed by atoms with Crippen molar-refractivity contribution in [3.8, 4) is 0 Å². The normalized spacial score (nSPS) is 19.0. The zero-order valence-electron chi connectivity index (χ0n) is 14.6. The smallest absolute Gasteiger partial charge is 0.407 e. The van der Waals surface area contributed by atoms with Gasteiger partial charge in [0.15, 0.2) is 0 Å². The Kier molecular flexibility index (Phi) is 5.81. The largest absolute Gasteiger partial charge is 0.410 e. The van der Waals surface area contributed by atoms with E-state index >= 15 is 0 Å². The lowest BCUT2D eigenvalue weighted by atomic mass is 10.1. The number of hydrogen-bond donors (Lipinski definition) is 2. The molecule has 9 heteroatoms. The molecule has 1 atom stereocenters. The highest BCUT2D eigenvalue weighted by Crippen LogP contribution is 2.29. The summed E-state index contributed by atoms with van der Waals surface area (Å²) in [6, 6.07) is 9.32. The quantitative estimate of drug-likeness (QED) is 0.743. The van der Waals surface area contributed by atoms with Gasteiger partial charge in [0.2, 0.25) is 0 Å². The number of aliphatic hydroxyl groups is 1. The third-order valence-electron chi connectivity index (χ3n) is 4.24. The molecule has 0 aromatic heterocycles. The summed E-state index contributed by atoms with van der Waals surface area (Å²) in [7, 11) is 0. The lowest BCUT2D eigenvalue weighted by Gasteiger charge is -2.22. The van der Waals surface area contributed by atoms with Crippen molar-refractivity contribution in [2.75, 3.05) is 18.0 Å². The molecule has 2 amide bonds. The minimum absolute atomic E-state index is 0.0634. The summed E-state index contributed by atoms with van der Waals surface area (Å²) in [5.41, 5.74) is 0.825. The maximum Gasteiger partial charge on any atom is 0.410 e. The fraction of sp³-hybridized carbons (Fsp3) is 0.263. The molecule has 0 radical (unpaired) electrons. The number of anilines is 1. The number of benzene rings is 2. The predicted octanol–water partition coefficient (Wildman–Crippen LogP) is 3.01. The van der Waals surface area contributed by atoms with Gasteiger partial charge in [0.1, 0.15) is 11.6 Å². The van der Waals surface area contributed by atoms with Gasteiger partial charge in [-0.3, -0.25) is 4.79 Å². The fourth-order valence-electron chi connectivity index (χ4n) is 2.92. The summed E-state index contributed by atoms with van der Waals surface area (Å²) in [6.07, 6.45) is -0.886. The van der Waals surface area contributed by atoms with Gasteiger partial charge in [-0.15, -0.1) is 0 Å². The molecule has 0 saturated carbocycles. The van der Waals surface area contributed by atoms with Crippen molar-refractivity contribution in [2.24, 2.45) is 0 Å². The summed E-state index contributed by atoms with van der Waals surface area (Å²) in [5, 5.41) is 13.0. The van der Waals surface area contributed by atoms with Crippen LogP contribution in [0.1, 0.15) is 12.0 Å². The Morgan fingerprint density at radius 2 is 2.04 bits per heavy atom. The van der Waals surface area contributed by atoms with Gasteiger partial charge in [-0.05, 0) is 48.4 Å². The number of hydrogen-bond acceptors (Lipinski definition) is 4. The molecule has 0 spiro atoms. The standard InChI is InChI=1S/C19H17ClF2N2O4/c20-13-8-12(9-15(22)10-13)4-6-23-18(26)28-19(27)5-7-24(17(19)25)16-3-1-2-14(21)11-16/h1-3,8-11,27H,4-7H2,(H,23,26)/t19-/m0/s1. The van der Waals surface area contributed by atoms with E-state index in [-0.39, 0.29) is 36.6 Å². The molecule has 2 aromatic rings. The van der Waals surface area contributed by atoms with Gasteiger partial charge in [0.05, 0.1) is 0 Å². The van der Waals surface area contributed by atoms with Crippen molar-refractivity contribution >= 4 is 29.3 Å². The van der Waals surface area contributed by atoms with Crippen LogP contribution in [-0.2, 0) is 16.0 Å². The van der Waals surface area contributed by atoms with Crippen LogP contribution < -0.4 is 10.2 Å². The van der Waals surface area contributed by atoms with Crippen LogP contribution >= 0.6 is 11.6 Å². The van der Waals surface area contributed by atoms with Crippen molar-refractivity contribution in [3.05, 3.63) is 64.7 Å². The highest BCUT2D eigenvalue weighted by atomic mass is 35.5. The third kappa shape index (κ3) is 4.58. The van der Waals surface area contributed by atoms with E-state index in [4.69, 9.17) is 16.3 Å². The highest BCUT2D eigenvalue weighted by Gasteiger charge is 2.49. The third-order valence-corrected chi connectivity index (χ3v) is 4.46. The molecule has 0 unspecified atom stereocenters. The number of nitrogens with zero attached hydrogens (tertiary/aromatic N) is 1. The molecule has 0 aliphatic carbocycles. The van der Waals surface area contributed by atoms with Crippen molar-refractivity contribution in [1.29, 1.82) is 0 Å². The van der Waals surface area contributed by atoms with Crippen molar-refractivity contribution in [1.82, 2.24) is 5.32 Å². The zero-order valence-corrected chi connectivity index (χ0v) is 15.4. The van der Waals surface area contributed by atoms with Gasteiger partial charge >= 0.3 is 6.09 Å². The fourth-order valence-corrected chi connectivity index (χ4v) is 3.17. The molecule has 148 valence electrons. The number of alkyl carbamates (subject to hydrolysis) is 1. The number of nitrogens with one attached hydrogen (secondary N) is 1. The Hall–Kier alpha value is -2.71. The van der Waals surface area contributed by atoms with E-state index in [0.29, 0.717) is 5.56 Å². The van der Waals surface area contributed by atoms with E-state index < -0.39 is 29.4 Å².